The molecule has 4 fully saturated rings. The zero-order valence-electron chi connectivity index (χ0n) is 12.2. The van der Waals surface area contributed by atoms with E-state index < -0.39 is 0 Å². The molecule has 0 saturated heterocycles. The maximum atomic E-state index is 6.35. The number of halogens is 1. The first kappa shape index (κ1) is 12.5. The molecular formula is C19H20ClN. The van der Waals surface area contributed by atoms with Crippen LogP contribution < -0.4 is 0 Å². The summed E-state index contributed by atoms with van der Waals surface area (Å²) < 4.78 is 0. The summed E-state index contributed by atoms with van der Waals surface area (Å²) >= 11 is 6.35. The maximum Gasteiger partial charge on any atom is 0.130 e. The Hall–Kier alpha value is -1.08. The quantitative estimate of drug-likeness (QED) is 0.646. The third-order valence-electron chi connectivity index (χ3n) is 6.29. The molecule has 0 aliphatic heterocycles. The second-order valence-corrected chi connectivity index (χ2v) is 8.09. The summed E-state index contributed by atoms with van der Waals surface area (Å²) in [6.45, 7) is 0. The number of pyridine rings is 1. The molecule has 1 heterocycles. The minimum absolute atomic E-state index is 0.390. The van der Waals surface area contributed by atoms with Crippen molar-refractivity contribution < 1.29 is 0 Å². The van der Waals surface area contributed by atoms with Crippen LogP contribution in [0.4, 0.5) is 0 Å². The number of aromatic nitrogens is 1. The summed E-state index contributed by atoms with van der Waals surface area (Å²) in [6.07, 6.45) is 8.58. The van der Waals surface area contributed by atoms with Gasteiger partial charge < -0.3 is 0 Å². The van der Waals surface area contributed by atoms with Crippen molar-refractivity contribution in [2.75, 3.05) is 0 Å². The number of benzene rings is 1. The van der Waals surface area contributed by atoms with E-state index in [1.807, 2.05) is 0 Å². The molecule has 21 heavy (non-hydrogen) atoms. The Balaban J connectivity index is 1.74. The van der Waals surface area contributed by atoms with E-state index in [0.29, 0.717) is 10.6 Å². The summed E-state index contributed by atoms with van der Waals surface area (Å²) in [5.74, 6) is 2.88. The highest BCUT2D eigenvalue weighted by atomic mass is 35.5. The summed E-state index contributed by atoms with van der Waals surface area (Å²) in [5.41, 5.74) is 2.95. The summed E-state index contributed by atoms with van der Waals surface area (Å²) in [7, 11) is 0. The maximum absolute atomic E-state index is 6.35. The molecule has 0 unspecified atom stereocenters. The second kappa shape index (κ2) is 4.23. The Labute approximate surface area is 130 Å². The Bertz CT molecular complexity index is 685. The van der Waals surface area contributed by atoms with Gasteiger partial charge in [-0.05, 0) is 79.4 Å². The first-order valence-electron chi connectivity index (χ1n) is 8.28. The average molecular weight is 298 g/mol. The van der Waals surface area contributed by atoms with Gasteiger partial charge in [-0.25, -0.2) is 4.98 Å². The van der Waals surface area contributed by atoms with Crippen molar-refractivity contribution in [2.45, 2.75) is 43.9 Å². The largest absolute Gasteiger partial charge is 0.236 e. The van der Waals surface area contributed by atoms with Gasteiger partial charge in [-0.3, -0.25) is 0 Å². The fourth-order valence-electron chi connectivity index (χ4n) is 6.02. The smallest absolute Gasteiger partial charge is 0.130 e. The molecule has 1 aromatic heterocycles. The predicted molar refractivity (Wildman–Crippen MR) is 86.6 cm³/mol. The number of hydrogen-bond acceptors (Lipinski definition) is 1. The Morgan fingerprint density at radius 2 is 1.57 bits per heavy atom. The SMILES string of the molecule is Clc1cc(C23CC4CC(CC(C4)C2)C3)c2ccccc2n1. The third kappa shape index (κ3) is 1.80. The molecule has 6 rings (SSSR count). The molecular weight excluding hydrogens is 278 g/mol. The van der Waals surface area contributed by atoms with E-state index in [4.69, 9.17) is 11.6 Å². The van der Waals surface area contributed by atoms with Crippen LogP contribution in [0.1, 0.15) is 44.1 Å². The van der Waals surface area contributed by atoms with Crippen molar-refractivity contribution in [1.82, 2.24) is 4.98 Å². The number of fused-ring (bicyclic) bond motifs is 1. The number of nitrogens with zero attached hydrogens (tertiary/aromatic N) is 1. The van der Waals surface area contributed by atoms with Gasteiger partial charge in [0.15, 0.2) is 0 Å². The molecule has 0 amide bonds. The van der Waals surface area contributed by atoms with E-state index in [9.17, 15) is 0 Å². The van der Waals surface area contributed by atoms with Gasteiger partial charge in [0, 0.05) is 5.39 Å². The molecule has 4 bridgehead atoms. The molecule has 0 N–H and O–H groups in total. The van der Waals surface area contributed by atoms with Crippen molar-refractivity contribution in [3.05, 3.63) is 41.0 Å². The molecule has 4 saturated carbocycles. The van der Waals surface area contributed by atoms with E-state index in [2.05, 4.69) is 35.3 Å². The standard InChI is InChI=1S/C19H20ClN/c20-18-8-16(15-3-1-2-4-17(15)21-18)19-9-12-5-13(10-19)7-14(6-12)11-19/h1-4,8,12-14H,5-7,9-11H2. The fourth-order valence-corrected chi connectivity index (χ4v) is 6.22. The van der Waals surface area contributed by atoms with Crippen LogP contribution in [0.5, 0.6) is 0 Å². The second-order valence-electron chi connectivity index (χ2n) is 7.71. The third-order valence-corrected chi connectivity index (χ3v) is 6.49. The highest BCUT2D eigenvalue weighted by Gasteiger charge is 2.52. The lowest BCUT2D eigenvalue weighted by molar-refractivity contribution is -0.00451. The highest BCUT2D eigenvalue weighted by molar-refractivity contribution is 6.30. The van der Waals surface area contributed by atoms with Crippen molar-refractivity contribution in [3.8, 4) is 0 Å². The minimum atomic E-state index is 0.390. The molecule has 0 radical (unpaired) electrons. The van der Waals surface area contributed by atoms with Crippen LogP contribution in [-0.4, -0.2) is 4.98 Å². The molecule has 0 spiro atoms. The summed E-state index contributed by atoms with van der Waals surface area (Å²) in [4.78, 5) is 4.53. The fraction of sp³-hybridized carbons (Fsp3) is 0.526. The normalized spacial score (nSPS) is 37.3. The molecule has 2 heteroatoms. The molecule has 2 aromatic rings. The van der Waals surface area contributed by atoms with Crippen LogP contribution >= 0.6 is 11.6 Å². The van der Waals surface area contributed by atoms with Crippen molar-refractivity contribution >= 4 is 22.5 Å². The Morgan fingerprint density at radius 1 is 0.952 bits per heavy atom. The van der Waals surface area contributed by atoms with Crippen LogP contribution in [0.25, 0.3) is 10.9 Å². The lowest BCUT2D eigenvalue weighted by Gasteiger charge is -2.57. The van der Waals surface area contributed by atoms with E-state index in [1.165, 1.54) is 49.5 Å². The van der Waals surface area contributed by atoms with E-state index >= 15 is 0 Å². The van der Waals surface area contributed by atoms with Crippen LogP contribution in [0.3, 0.4) is 0 Å². The number of hydrogen-bond donors (Lipinski definition) is 0. The van der Waals surface area contributed by atoms with Crippen LogP contribution in [0.15, 0.2) is 30.3 Å². The first-order valence-corrected chi connectivity index (χ1v) is 8.65. The lowest BCUT2D eigenvalue weighted by atomic mass is 9.48. The van der Waals surface area contributed by atoms with Gasteiger partial charge in [-0.2, -0.15) is 0 Å². The van der Waals surface area contributed by atoms with Crippen molar-refractivity contribution in [3.63, 3.8) is 0 Å². The summed E-state index contributed by atoms with van der Waals surface area (Å²) in [6, 6.07) is 10.7. The van der Waals surface area contributed by atoms with Gasteiger partial charge in [0.1, 0.15) is 5.15 Å². The van der Waals surface area contributed by atoms with E-state index in [1.54, 1.807) is 0 Å². The van der Waals surface area contributed by atoms with Crippen molar-refractivity contribution in [1.29, 1.82) is 0 Å². The molecule has 4 aliphatic carbocycles. The number of para-hydroxylation sites is 1. The Morgan fingerprint density at radius 3 is 2.24 bits per heavy atom. The molecule has 1 nitrogen and oxygen atoms in total. The monoisotopic (exact) mass is 297 g/mol. The highest BCUT2D eigenvalue weighted by Crippen LogP contribution is 2.61. The molecule has 0 atom stereocenters. The lowest BCUT2D eigenvalue weighted by Crippen LogP contribution is -2.48. The van der Waals surface area contributed by atoms with Gasteiger partial charge in [-0.1, -0.05) is 29.8 Å². The average Bonchev–Trinajstić information content (AvgIpc) is 2.45. The van der Waals surface area contributed by atoms with E-state index in [0.717, 1.165) is 23.3 Å². The predicted octanol–water partition coefficient (Wildman–Crippen LogP) is 5.36. The van der Waals surface area contributed by atoms with Gasteiger partial charge in [0.25, 0.3) is 0 Å². The summed E-state index contributed by atoms with van der Waals surface area (Å²) in [5, 5.41) is 2.00. The molecule has 4 aliphatic rings. The minimum Gasteiger partial charge on any atom is -0.236 e. The zero-order chi connectivity index (χ0) is 14.0. The van der Waals surface area contributed by atoms with Crippen LogP contribution in [0.2, 0.25) is 5.15 Å². The topological polar surface area (TPSA) is 12.9 Å². The van der Waals surface area contributed by atoms with Gasteiger partial charge in [0.2, 0.25) is 0 Å². The Kier molecular flexibility index (Phi) is 2.51. The van der Waals surface area contributed by atoms with Gasteiger partial charge >= 0.3 is 0 Å². The molecule has 108 valence electrons. The first-order chi connectivity index (χ1) is 10.2. The van der Waals surface area contributed by atoms with Gasteiger partial charge in [0.05, 0.1) is 5.52 Å². The van der Waals surface area contributed by atoms with Crippen LogP contribution in [0, 0.1) is 17.8 Å². The van der Waals surface area contributed by atoms with Crippen molar-refractivity contribution in [2.24, 2.45) is 17.8 Å². The van der Waals surface area contributed by atoms with Crippen LogP contribution in [-0.2, 0) is 5.41 Å². The zero-order valence-corrected chi connectivity index (χ0v) is 12.9. The number of rotatable bonds is 1. The molecule has 1 aromatic carbocycles. The van der Waals surface area contributed by atoms with Gasteiger partial charge in [-0.15, -0.1) is 0 Å². The van der Waals surface area contributed by atoms with E-state index in [-0.39, 0.29) is 0 Å².